The number of hydrogen-bond donors (Lipinski definition) is 3. The van der Waals surface area contributed by atoms with Gasteiger partial charge in [-0.2, -0.15) is 18.3 Å². The number of alkyl halides is 3. The topological polar surface area (TPSA) is 200 Å². The van der Waals surface area contributed by atoms with Gasteiger partial charge in [-0.3, -0.25) is 39.2 Å². The van der Waals surface area contributed by atoms with Crippen LogP contribution in [0.5, 0.6) is 0 Å². The van der Waals surface area contributed by atoms with Crippen LogP contribution in [0.4, 0.5) is 24.5 Å². The number of rotatable bonds is 20. The van der Waals surface area contributed by atoms with Gasteiger partial charge in [-0.25, -0.2) is 9.67 Å². The lowest BCUT2D eigenvalue weighted by Gasteiger charge is -2.27. The fraction of sp³-hybridized carbons (Fsp3) is 0.378. The number of aryl methyl sites for hydroxylation is 2. The second kappa shape index (κ2) is 19.3. The van der Waals surface area contributed by atoms with Crippen molar-refractivity contribution in [3.8, 4) is 17.1 Å². The Morgan fingerprint density at radius 3 is 2.47 bits per heavy atom. The van der Waals surface area contributed by atoms with E-state index >= 15 is 0 Å². The molecule has 1 saturated heterocycles. The summed E-state index contributed by atoms with van der Waals surface area (Å²) in [5.41, 5.74) is 1.69. The minimum Gasteiger partial charge on any atom is -0.444 e. The zero-order chi connectivity index (χ0) is 44.8. The largest absolute Gasteiger partial charge is 0.444 e. The van der Waals surface area contributed by atoms with Crippen LogP contribution in [0.2, 0.25) is 0 Å². The van der Waals surface area contributed by atoms with Crippen molar-refractivity contribution in [3.05, 3.63) is 107 Å². The van der Waals surface area contributed by atoms with E-state index in [1.807, 2.05) is 18.2 Å². The molecule has 3 aliphatic rings. The number of piperidine rings is 1. The fourth-order valence-electron chi connectivity index (χ4n) is 7.60. The van der Waals surface area contributed by atoms with E-state index in [2.05, 4.69) is 31.0 Å². The fourth-order valence-corrected chi connectivity index (χ4v) is 7.60. The average Bonchev–Trinajstić information content (AvgIpc) is 3.67. The average molecular weight is 883 g/mol. The molecule has 2 aromatic carbocycles. The maximum atomic E-state index is 14.1. The lowest BCUT2D eigenvalue weighted by molar-refractivity contribution is -0.140. The zero-order valence-corrected chi connectivity index (χ0v) is 34.6. The normalized spacial score (nSPS) is 16.3. The molecule has 334 valence electrons. The van der Waals surface area contributed by atoms with Gasteiger partial charge in [0.05, 0.1) is 48.5 Å². The van der Waals surface area contributed by atoms with Gasteiger partial charge in [0.1, 0.15) is 12.3 Å². The van der Waals surface area contributed by atoms with Crippen molar-refractivity contribution in [1.29, 1.82) is 0 Å². The molecule has 3 aromatic heterocycles. The summed E-state index contributed by atoms with van der Waals surface area (Å²) in [6.07, 6.45) is 5.73. The highest BCUT2D eigenvalue weighted by molar-refractivity contribution is 6.25. The van der Waals surface area contributed by atoms with E-state index in [0.29, 0.717) is 56.3 Å². The summed E-state index contributed by atoms with van der Waals surface area (Å²) in [7, 11) is 0. The number of halogens is 3. The molecule has 1 unspecified atom stereocenters. The van der Waals surface area contributed by atoms with E-state index in [9.17, 15) is 37.1 Å². The highest BCUT2D eigenvalue weighted by Crippen LogP contribution is 2.36. The highest BCUT2D eigenvalue weighted by atomic mass is 19.4. The maximum Gasteiger partial charge on any atom is 0.437 e. The summed E-state index contributed by atoms with van der Waals surface area (Å²) < 4.78 is 60.1. The number of nitrogens with zero attached hydrogens (tertiary/aromatic N) is 5. The first-order valence-corrected chi connectivity index (χ1v) is 21.1. The molecule has 0 radical (unpaired) electrons. The van der Waals surface area contributed by atoms with Gasteiger partial charge >= 0.3 is 6.18 Å². The van der Waals surface area contributed by atoms with Crippen LogP contribution in [0.25, 0.3) is 17.1 Å². The predicted octanol–water partition coefficient (Wildman–Crippen LogP) is 6.41. The van der Waals surface area contributed by atoms with Crippen LogP contribution in [0.1, 0.15) is 93.1 Å². The monoisotopic (exact) mass is 882 g/mol. The number of nitrogens with one attached hydrogen (secondary N) is 3. The second-order valence-electron chi connectivity index (χ2n) is 15.8. The van der Waals surface area contributed by atoms with Crippen molar-refractivity contribution in [2.75, 3.05) is 43.6 Å². The molecule has 5 heterocycles. The lowest BCUT2D eigenvalue weighted by atomic mass is 10.0. The molecule has 5 aromatic rings. The van der Waals surface area contributed by atoms with Gasteiger partial charge in [0.25, 0.3) is 17.7 Å². The number of carbonyl (C=O) groups excluding carboxylic acids is 5. The Morgan fingerprint density at radius 2 is 1.70 bits per heavy atom. The number of fused-ring (bicyclic) bond motifs is 1. The first-order valence-electron chi connectivity index (χ1n) is 21.1. The Balaban J connectivity index is 0.739. The zero-order valence-electron chi connectivity index (χ0n) is 34.6. The summed E-state index contributed by atoms with van der Waals surface area (Å²) in [4.78, 5) is 72.8. The SMILES string of the molecule is O=C1CCC(N2C(=O)c3cccc(NCCOCCOCCCCc4ccc(-n5cc(NC(=O)c6coc(-c7ccnc(CCC8CC8)c7)n6)c(C(F)(F)F)n5)cc4)c3C2=O)C(=O)N1. The van der Waals surface area contributed by atoms with Crippen LogP contribution in [-0.2, 0) is 38.1 Å². The summed E-state index contributed by atoms with van der Waals surface area (Å²) in [6, 6.07) is 14.3. The number of benzene rings is 2. The van der Waals surface area contributed by atoms with Crippen molar-refractivity contribution in [3.63, 3.8) is 0 Å². The number of unbranched alkanes of at least 4 members (excludes halogenated alkanes) is 1. The third-order valence-electron chi connectivity index (χ3n) is 11.1. The Bertz CT molecular complexity index is 2530. The van der Waals surface area contributed by atoms with Gasteiger partial charge < -0.3 is 24.5 Å². The standard InChI is InChI=1S/C45H45F3N8O8/c46-45(47,48)39-34(51-40(58)35-26-64-42(52-35)29-17-18-49-30(24-29)12-9-28-7-8-28)25-55(54-39)31-13-10-27(11-14-31)4-1-2-20-62-22-23-63-21-19-50-33-6-3-5-32-38(33)44(61)56(43(32)60)36-15-16-37(57)53-41(36)59/h3,5-6,10-11,13-14,17-18,24-26,28,36,50H,1-2,4,7-9,12,15-16,19-23H2,(H,51,58)(H,53,57,59). The Morgan fingerprint density at radius 1 is 0.906 bits per heavy atom. The smallest absolute Gasteiger partial charge is 0.437 e. The van der Waals surface area contributed by atoms with Crippen LogP contribution in [0.15, 0.2) is 77.7 Å². The van der Waals surface area contributed by atoms with Crippen molar-refractivity contribution in [1.82, 2.24) is 30.0 Å². The van der Waals surface area contributed by atoms with Gasteiger partial charge in [0, 0.05) is 42.7 Å². The molecule has 5 amide bonds. The molecule has 3 N–H and O–H groups in total. The Hall–Kier alpha value is -6.73. The molecule has 64 heavy (non-hydrogen) atoms. The molecule has 2 fully saturated rings. The Labute approximate surface area is 364 Å². The number of pyridine rings is 1. The van der Waals surface area contributed by atoms with E-state index in [0.717, 1.165) is 64.9 Å². The minimum atomic E-state index is -4.84. The number of ether oxygens (including phenoxy) is 2. The van der Waals surface area contributed by atoms with Gasteiger partial charge in [-0.1, -0.05) is 31.0 Å². The lowest BCUT2D eigenvalue weighted by Crippen LogP contribution is -2.54. The number of hydrogen-bond acceptors (Lipinski definition) is 12. The summed E-state index contributed by atoms with van der Waals surface area (Å²) >= 11 is 0. The van der Waals surface area contributed by atoms with Crippen LogP contribution >= 0.6 is 0 Å². The Kier molecular flexibility index (Phi) is 13.3. The molecule has 0 spiro atoms. The van der Waals surface area contributed by atoms with Gasteiger partial charge in [0.2, 0.25) is 17.7 Å². The van der Waals surface area contributed by atoms with Crippen molar-refractivity contribution >= 4 is 40.9 Å². The highest BCUT2D eigenvalue weighted by Gasteiger charge is 2.45. The molecule has 0 bridgehead atoms. The number of oxazole rings is 1. The van der Waals surface area contributed by atoms with Crippen molar-refractivity contribution < 1.29 is 51.0 Å². The van der Waals surface area contributed by atoms with Crippen LogP contribution in [-0.4, -0.2) is 93.2 Å². The third kappa shape index (κ3) is 10.4. The van der Waals surface area contributed by atoms with Crippen LogP contribution < -0.4 is 16.0 Å². The first-order chi connectivity index (χ1) is 30.9. The first kappa shape index (κ1) is 43.9. The second-order valence-corrected chi connectivity index (χ2v) is 15.8. The third-order valence-corrected chi connectivity index (χ3v) is 11.1. The van der Waals surface area contributed by atoms with Gasteiger partial charge in [0.15, 0.2) is 11.4 Å². The van der Waals surface area contributed by atoms with Crippen LogP contribution in [0.3, 0.4) is 0 Å². The van der Waals surface area contributed by atoms with Gasteiger partial charge in [-0.05, 0) is 86.4 Å². The quantitative estimate of drug-likeness (QED) is 0.0575. The molecule has 19 heteroatoms. The molecule has 8 rings (SSSR count). The molecule has 1 atom stereocenters. The van der Waals surface area contributed by atoms with E-state index < -0.39 is 53.1 Å². The van der Waals surface area contributed by atoms with Gasteiger partial charge in [-0.15, -0.1) is 0 Å². The molecule has 2 aliphatic heterocycles. The minimum absolute atomic E-state index is 0.0397. The molecule has 16 nitrogen and oxygen atoms in total. The molecular weight excluding hydrogens is 838 g/mol. The number of carbonyl (C=O) groups is 5. The summed E-state index contributed by atoms with van der Waals surface area (Å²) in [5, 5.41) is 11.4. The number of aromatic nitrogens is 4. The van der Waals surface area contributed by atoms with Crippen LogP contribution in [0, 0.1) is 5.92 Å². The molecule has 1 saturated carbocycles. The van der Waals surface area contributed by atoms with E-state index in [1.54, 1.807) is 36.5 Å². The number of anilines is 2. The van der Waals surface area contributed by atoms with Crippen molar-refractivity contribution in [2.45, 2.75) is 70.0 Å². The summed E-state index contributed by atoms with van der Waals surface area (Å²) in [5.74, 6) is -2.25. The summed E-state index contributed by atoms with van der Waals surface area (Å²) in [6.45, 7) is 1.84. The van der Waals surface area contributed by atoms with Crippen molar-refractivity contribution in [2.24, 2.45) is 5.92 Å². The number of amides is 5. The van der Waals surface area contributed by atoms with E-state index in [-0.39, 0.29) is 35.6 Å². The molecular formula is C45H45F3N8O8. The van der Waals surface area contributed by atoms with E-state index in [1.165, 1.54) is 18.9 Å². The molecule has 1 aliphatic carbocycles. The van der Waals surface area contributed by atoms with E-state index in [4.69, 9.17) is 13.9 Å². The number of imide groups is 2. The predicted molar refractivity (Wildman–Crippen MR) is 223 cm³/mol. The maximum absolute atomic E-state index is 14.1.